The van der Waals surface area contributed by atoms with Gasteiger partial charge in [0.15, 0.2) is 0 Å². The maximum atomic E-state index is 12.4. The molecule has 1 aliphatic heterocycles. The van der Waals surface area contributed by atoms with Gasteiger partial charge in [0.25, 0.3) is 0 Å². The number of ether oxygens (including phenoxy) is 3. The Morgan fingerprint density at radius 3 is 2.45 bits per heavy atom. The fourth-order valence-corrected chi connectivity index (χ4v) is 3.21. The number of carbonyl (C=O) groups is 2. The molecule has 29 heavy (non-hydrogen) atoms. The van der Waals surface area contributed by atoms with Crippen molar-refractivity contribution in [3.63, 3.8) is 0 Å². The number of β-amino-alcohol motifs (C(OH)–C–C–N with tert-alkyl or cyclic N) is 1. The maximum absolute atomic E-state index is 12.4. The molecule has 1 heterocycles. The normalized spacial score (nSPS) is 19.4. The summed E-state index contributed by atoms with van der Waals surface area (Å²) < 4.78 is 16.7. The van der Waals surface area contributed by atoms with E-state index in [0.29, 0.717) is 0 Å². The summed E-state index contributed by atoms with van der Waals surface area (Å²) in [5.41, 5.74) is -0.826. The monoisotopic (exact) mass is 429 g/mol. The molecule has 1 aliphatic rings. The molecule has 1 amide bonds. The molecule has 1 saturated heterocycles. The van der Waals surface area contributed by atoms with E-state index in [-0.39, 0.29) is 47.8 Å². The van der Waals surface area contributed by atoms with E-state index >= 15 is 0 Å². The lowest BCUT2D eigenvalue weighted by Gasteiger charge is -2.28. The molecule has 0 spiro atoms. The Labute approximate surface area is 175 Å². The Bertz CT molecular complexity index is 760. The number of aliphatic hydroxyl groups excluding tert-OH is 1. The minimum Gasteiger partial charge on any atom is -0.490 e. The number of carboxylic acids is 1. The number of halogens is 1. The second kappa shape index (κ2) is 9.09. The van der Waals surface area contributed by atoms with Gasteiger partial charge in [-0.05, 0) is 53.2 Å². The summed E-state index contributed by atoms with van der Waals surface area (Å²) in [4.78, 5) is 25.6. The van der Waals surface area contributed by atoms with E-state index in [4.69, 9.17) is 25.8 Å². The van der Waals surface area contributed by atoms with E-state index in [1.165, 1.54) is 17.0 Å². The molecular formula is C20H28ClNO7. The van der Waals surface area contributed by atoms with Crippen LogP contribution in [0.1, 0.15) is 51.4 Å². The van der Waals surface area contributed by atoms with Crippen molar-refractivity contribution >= 4 is 23.7 Å². The third-order valence-corrected chi connectivity index (χ3v) is 4.28. The number of carbonyl (C=O) groups excluding carboxylic acids is 1. The van der Waals surface area contributed by atoms with E-state index in [9.17, 15) is 19.8 Å². The van der Waals surface area contributed by atoms with Gasteiger partial charge in [-0.1, -0.05) is 11.6 Å². The standard InChI is InChI=1S/C20H28ClNO7/c1-11(2)28-16-7-12(21)6-15(17(16)18(24)25)27-10-13-8-14(23)9-22(13)19(26)29-20(3,4)5/h6-7,11,13-14,23H,8-10H2,1-5H3,(H,24,25)/t13-,14-/m1/s1. The highest BCUT2D eigenvalue weighted by molar-refractivity contribution is 6.31. The Balaban J connectivity index is 2.22. The number of rotatable bonds is 6. The number of benzene rings is 1. The van der Waals surface area contributed by atoms with Crippen molar-refractivity contribution < 1.29 is 34.0 Å². The van der Waals surface area contributed by atoms with Crippen molar-refractivity contribution in [2.24, 2.45) is 0 Å². The minimum absolute atomic E-state index is 0.0297. The van der Waals surface area contributed by atoms with Gasteiger partial charge in [0.05, 0.1) is 24.8 Å². The Morgan fingerprint density at radius 2 is 1.90 bits per heavy atom. The Morgan fingerprint density at radius 1 is 1.28 bits per heavy atom. The second-order valence-corrected chi connectivity index (χ2v) is 8.67. The van der Waals surface area contributed by atoms with Gasteiger partial charge >= 0.3 is 12.1 Å². The number of aromatic carboxylic acids is 1. The van der Waals surface area contributed by atoms with E-state index in [2.05, 4.69) is 0 Å². The van der Waals surface area contributed by atoms with Crippen LogP contribution in [0.25, 0.3) is 0 Å². The number of nitrogens with zero attached hydrogens (tertiary/aromatic N) is 1. The van der Waals surface area contributed by atoms with Crippen LogP contribution in [-0.2, 0) is 4.74 Å². The average molecular weight is 430 g/mol. The van der Waals surface area contributed by atoms with Crippen LogP contribution in [0, 0.1) is 0 Å². The van der Waals surface area contributed by atoms with Crippen molar-refractivity contribution in [1.82, 2.24) is 4.90 Å². The van der Waals surface area contributed by atoms with Crippen molar-refractivity contribution in [1.29, 1.82) is 0 Å². The van der Waals surface area contributed by atoms with Crippen molar-refractivity contribution in [2.75, 3.05) is 13.2 Å². The average Bonchev–Trinajstić information content (AvgIpc) is 2.91. The topological polar surface area (TPSA) is 106 Å². The van der Waals surface area contributed by atoms with Crippen molar-refractivity contribution in [3.05, 3.63) is 22.7 Å². The molecule has 1 fully saturated rings. The van der Waals surface area contributed by atoms with Crippen molar-refractivity contribution in [3.8, 4) is 11.5 Å². The van der Waals surface area contributed by atoms with Crippen LogP contribution in [0.2, 0.25) is 5.02 Å². The SMILES string of the molecule is CC(C)Oc1cc(Cl)cc(OC[C@H]2C[C@@H](O)CN2C(=O)OC(C)(C)C)c1C(=O)O. The molecule has 0 bridgehead atoms. The molecule has 1 aromatic carbocycles. The summed E-state index contributed by atoms with van der Waals surface area (Å²) in [6, 6.07) is 2.33. The summed E-state index contributed by atoms with van der Waals surface area (Å²) >= 11 is 6.10. The third-order valence-electron chi connectivity index (χ3n) is 4.06. The van der Waals surface area contributed by atoms with Gasteiger partial charge in [0.1, 0.15) is 29.3 Å². The molecule has 0 saturated carbocycles. The molecule has 2 rings (SSSR count). The first-order valence-electron chi connectivity index (χ1n) is 9.41. The molecule has 162 valence electrons. The highest BCUT2D eigenvalue weighted by Gasteiger charge is 2.37. The summed E-state index contributed by atoms with van der Waals surface area (Å²) in [7, 11) is 0. The van der Waals surface area contributed by atoms with E-state index in [1.54, 1.807) is 34.6 Å². The molecule has 9 heteroatoms. The van der Waals surface area contributed by atoms with Crippen LogP contribution in [0.15, 0.2) is 12.1 Å². The fourth-order valence-electron chi connectivity index (χ4n) is 3.01. The number of aliphatic hydroxyl groups is 1. The number of carboxylic acid groups (broad SMARTS) is 1. The first-order chi connectivity index (χ1) is 13.4. The lowest BCUT2D eigenvalue weighted by atomic mass is 10.1. The van der Waals surface area contributed by atoms with Crippen LogP contribution >= 0.6 is 11.6 Å². The summed E-state index contributed by atoms with van der Waals surface area (Å²) in [5, 5.41) is 19.9. The Kier molecular flexibility index (Phi) is 7.24. The quantitative estimate of drug-likeness (QED) is 0.711. The zero-order chi connectivity index (χ0) is 21.9. The van der Waals surface area contributed by atoms with Crippen LogP contribution in [0.5, 0.6) is 11.5 Å². The zero-order valence-electron chi connectivity index (χ0n) is 17.3. The van der Waals surface area contributed by atoms with Crippen LogP contribution in [0.4, 0.5) is 4.79 Å². The lowest BCUT2D eigenvalue weighted by Crippen LogP contribution is -2.42. The predicted molar refractivity (Wildman–Crippen MR) is 107 cm³/mol. The molecule has 0 radical (unpaired) electrons. The Hall–Kier alpha value is -2.19. The van der Waals surface area contributed by atoms with E-state index in [0.717, 1.165) is 0 Å². The summed E-state index contributed by atoms with van der Waals surface area (Å²) in [6.07, 6.45) is -1.24. The van der Waals surface area contributed by atoms with Crippen molar-refractivity contribution in [2.45, 2.75) is 64.9 Å². The van der Waals surface area contributed by atoms with Gasteiger partial charge in [-0.3, -0.25) is 4.90 Å². The number of hydrogen-bond donors (Lipinski definition) is 2. The van der Waals surface area contributed by atoms with Gasteiger partial charge in [-0.25, -0.2) is 9.59 Å². The van der Waals surface area contributed by atoms with Gasteiger partial charge in [-0.15, -0.1) is 0 Å². The second-order valence-electron chi connectivity index (χ2n) is 8.24. The fraction of sp³-hybridized carbons (Fsp3) is 0.600. The molecule has 2 atom stereocenters. The molecule has 0 aromatic heterocycles. The van der Waals surface area contributed by atoms with Crippen LogP contribution in [0.3, 0.4) is 0 Å². The number of amides is 1. The predicted octanol–water partition coefficient (Wildman–Crippen LogP) is 3.57. The number of likely N-dealkylation sites (tertiary alicyclic amines) is 1. The first-order valence-corrected chi connectivity index (χ1v) is 9.79. The molecule has 0 aliphatic carbocycles. The molecule has 0 unspecified atom stereocenters. The first kappa shape index (κ1) is 23.1. The van der Waals surface area contributed by atoms with Crippen LogP contribution < -0.4 is 9.47 Å². The largest absolute Gasteiger partial charge is 0.490 e. The van der Waals surface area contributed by atoms with E-state index in [1.807, 2.05) is 0 Å². The highest BCUT2D eigenvalue weighted by atomic mass is 35.5. The van der Waals surface area contributed by atoms with Gasteiger partial charge in [-0.2, -0.15) is 0 Å². The van der Waals surface area contributed by atoms with Crippen LogP contribution in [-0.4, -0.2) is 64.2 Å². The summed E-state index contributed by atoms with van der Waals surface area (Å²) in [5.74, 6) is -1.08. The molecule has 1 aromatic rings. The van der Waals surface area contributed by atoms with Gasteiger partial charge in [0, 0.05) is 5.02 Å². The van der Waals surface area contributed by atoms with Gasteiger partial charge in [0.2, 0.25) is 0 Å². The third kappa shape index (κ3) is 6.40. The van der Waals surface area contributed by atoms with E-state index < -0.39 is 29.8 Å². The lowest BCUT2D eigenvalue weighted by molar-refractivity contribution is 0.0171. The maximum Gasteiger partial charge on any atom is 0.410 e. The highest BCUT2D eigenvalue weighted by Crippen LogP contribution is 2.34. The smallest absolute Gasteiger partial charge is 0.410 e. The summed E-state index contributed by atoms with van der Waals surface area (Å²) in [6.45, 7) is 8.89. The number of hydrogen-bond acceptors (Lipinski definition) is 6. The molecule has 8 nitrogen and oxygen atoms in total. The zero-order valence-corrected chi connectivity index (χ0v) is 18.0. The minimum atomic E-state index is -1.22. The molecular weight excluding hydrogens is 402 g/mol. The van der Waals surface area contributed by atoms with Gasteiger partial charge < -0.3 is 24.4 Å². The molecule has 2 N–H and O–H groups in total.